The molecule has 0 atom stereocenters. The van der Waals surface area contributed by atoms with Crippen LogP contribution in [0, 0.1) is 0 Å². The van der Waals surface area contributed by atoms with Gasteiger partial charge in [-0.3, -0.25) is 4.79 Å². The van der Waals surface area contributed by atoms with E-state index < -0.39 is 0 Å². The van der Waals surface area contributed by atoms with Crippen molar-refractivity contribution in [3.05, 3.63) is 24.3 Å². The summed E-state index contributed by atoms with van der Waals surface area (Å²) < 4.78 is 11.2. The van der Waals surface area contributed by atoms with Crippen molar-refractivity contribution in [2.75, 3.05) is 26.3 Å². The zero-order valence-corrected chi connectivity index (χ0v) is 11.4. The van der Waals surface area contributed by atoms with E-state index >= 15 is 0 Å². The second-order valence-corrected chi connectivity index (χ2v) is 4.67. The van der Waals surface area contributed by atoms with E-state index in [-0.39, 0.29) is 12.5 Å². The summed E-state index contributed by atoms with van der Waals surface area (Å²) in [6, 6.07) is 7.49. The molecular formula is C15H21NO3. The third kappa shape index (κ3) is 3.88. The normalized spacial score (nSPS) is 14.5. The number of rotatable bonds is 6. The first-order valence-electron chi connectivity index (χ1n) is 6.93. The van der Waals surface area contributed by atoms with Gasteiger partial charge in [-0.2, -0.15) is 0 Å². The van der Waals surface area contributed by atoms with Gasteiger partial charge in [-0.15, -0.1) is 0 Å². The van der Waals surface area contributed by atoms with Crippen LogP contribution in [-0.4, -0.2) is 37.1 Å². The Bertz CT molecular complexity index is 414. The van der Waals surface area contributed by atoms with Crippen LogP contribution in [0.5, 0.6) is 11.5 Å². The highest BCUT2D eigenvalue weighted by Crippen LogP contribution is 2.26. The SMILES string of the molecule is CCCOc1ccccc1OCC(=O)N1CCCC1. The Hall–Kier alpha value is -1.71. The summed E-state index contributed by atoms with van der Waals surface area (Å²) in [6.07, 6.45) is 3.14. The van der Waals surface area contributed by atoms with Gasteiger partial charge in [-0.05, 0) is 31.4 Å². The molecule has 0 aromatic heterocycles. The van der Waals surface area contributed by atoms with E-state index in [1.54, 1.807) is 0 Å². The first kappa shape index (κ1) is 13.7. The smallest absolute Gasteiger partial charge is 0.260 e. The minimum atomic E-state index is 0.0581. The Morgan fingerprint density at radius 2 is 1.79 bits per heavy atom. The molecule has 1 aliphatic heterocycles. The maximum atomic E-state index is 11.9. The zero-order valence-electron chi connectivity index (χ0n) is 11.4. The maximum absolute atomic E-state index is 11.9. The predicted octanol–water partition coefficient (Wildman–Crippen LogP) is 2.48. The predicted molar refractivity (Wildman–Crippen MR) is 73.5 cm³/mol. The maximum Gasteiger partial charge on any atom is 0.260 e. The minimum Gasteiger partial charge on any atom is -0.490 e. The molecule has 0 radical (unpaired) electrons. The Balaban J connectivity index is 1.89. The number of hydrogen-bond donors (Lipinski definition) is 0. The van der Waals surface area contributed by atoms with Crippen molar-refractivity contribution in [3.63, 3.8) is 0 Å². The molecule has 0 N–H and O–H groups in total. The molecule has 1 fully saturated rings. The number of benzene rings is 1. The van der Waals surface area contributed by atoms with Crippen LogP contribution in [0.1, 0.15) is 26.2 Å². The number of ether oxygens (including phenoxy) is 2. The molecular weight excluding hydrogens is 242 g/mol. The Morgan fingerprint density at radius 1 is 1.16 bits per heavy atom. The van der Waals surface area contributed by atoms with Gasteiger partial charge < -0.3 is 14.4 Å². The fraction of sp³-hybridized carbons (Fsp3) is 0.533. The molecule has 2 rings (SSSR count). The monoisotopic (exact) mass is 263 g/mol. The van der Waals surface area contributed by atoms with Crippen LogP contribution in [0.25, 0.3) is 0 Å². The highest BCUT2D eigenvalue weighted by molar-refractivity contribution is 5.78. The molecule has 1 amide bonds. The molecule has 0 bridgehead atoms. The van der Waals surface area contributed by atoms with Crippen LogP contribution in [0.4, 0.5) is 0 Å². The number of nitrogens with zero attached hydrogens (tertiary/aromatic N) is 1. The lowest BCUT2D eigenvalue weighted by Gasteiger charge is -2.16. The molecule has 1 saturated heterocycles. The number of hydrogen-bond acceptors (Lipinski definition) is 3. The first-order valence-corrected chi connectivity index (χ1v) is 6.93. The van der Waals surface area contributed by atoms with Crippen molar-refractivity contribution in [2.24, 2.45) is 0 Å². The van der Waals surface area contributed by atoms with Crippen molar-refractivity contribution < 1.29 is 14.3 Å². The summed E-state index contributed by atoms with van der Waals surface area (Å²) in [7, 11) is 0. The highest BCUT2D eigenvalue weighted by atomic mass is 16.5. The van der Waals surface area contributed by atoms with E-state index in [4.69, 9.17) is 9.47 Å². The van der Waals surface area contributed by atoms with Gasteiger partial charge in [-0.1, -0.05) is 19.1 Å². The molecule has 0 saturated carbocycles. The lowest BCUT2D eigenvalue weighted by molar-refractivity contribution is -0.132. The van der Waals surface area contributed by atoms with Gasteiger partial charge in [0.2, 0.25) is 0 Å². The van der Waals surface area contributed by atoms with Gasteiger partial charge in [0.05, 0.1) is 6.61 Å². The largest absolute Gasteiger partial charge is 0.490 e. The van der Waals surface area contributed by atoms with Crippen LogP contribution in [-0.2, 0) is 4.79 Å². The topological polar surface area (TPSA) is 38.8 Å². The number of carbonyl (C=O) groups is 1. The average molecular weight is 263 g/mol. The summed E-state index contributed by atoms with van der Waals surface area (Å²) in [6.45, 7) is 4.51. The van der Waals surface area contributed by atoms with Crippen molar-refractivity contribution in [1.29, 1.82) is 0 Å². The second kappa shape index (κ2) is 7.02. The summed E-state index contributed by atoms with van der Waals surface area (Å²) >= 11 is 0. The summed E-state index contributed by atoms with van der Waals surface area (Å²) in [4.78, 5) is 13.8. The van der Waals surface area contributed by atoms with E-state index in [0.29, 0.717) is 18.1 Å². The third-order valence-corrected chi connectivity index (χ3v) is 3.12. The summed E-state index contributed by atoms with van der Waals surface area (Å²) in [5.41, 5.74) is 0. The van der Waals surface area contributed by atoms with Gasteiger partial charge in [0, 0.05) is 13.1 Å². The fourth-order valence-corrected chi connectivity index (χ4v) is 2.10. The second-order valence-electron chi connectivity index (χ2n) is 4.67. The molecule has 4 heteroatoms. The van der Waals surface area contributed by atoms with E-state index in [9.17, 15) is 4.79 Å². The third-order valence-electron chi connectivity index (χ3n) is 3.12. The van der Waals surface area contributed by atoms with Crippen molar-refractivity contribution in [1.82, 2.24) is 4.90 Å². The number of para-hydroxylation sites is 2. The van der Waals surface area contributed by atoms with Gasteiger partial charge in [-0.25, -0.2) is 0 Å². The molecule has 0 aliphatic carbocycles. The molecule has 0 unspecified atom stereocenters. The van der Waals surface area contributed by atoms with E-state index in [0.717, 1.165) is 32.4 Å². The Morgan fingerprint density at radius 3 is 2.42 bits per heavy atom. The van der Waals surface area contributed by atoms with E-state index in [1.807, 2.05) is 29.2 Å². The van der Waals surface area contributed by atoms with Gasteiger partial charge in [0.25, 0.3) is 5.91 Å². The van der Waals surface area contributed by atoms with Crippen LogP contribution < -0.4 is 9.47 Å². The fourth-order valence-electron chi connectivity index (χ4n) is 2.10. The van der Waals surface area contributed by atoms with Crippen LogP contribution in [0.15, 0.2) is 24.3 Å². The quantitative estimate of drug-likeness (QED) is 0.791. The van der Waals surface area contributed by atoms with Crippen molar-refractivity contribution in [2.45, 2.75) is 26.2 Å². The molecule has 1 aromatic carbocycles. The highest BCUT2D eigenvalue weighted by Gasteiger charge is 2.18. The van der Waals surface area contributed by atoms with Crippen molar-refractivity contribution in [3.8, 4) is 11.5 Å². The lowest BCUT2D eigenvalue weighted by atomic mass is 10.3. The molecule has 19 heavy (non-hydrogen) atoms. The van der Waals surface area contributed by atoms with Gasteiger partial charge >= 0.3 is 0 Å². The van der Waals surface area contributed by atoms with E-state index in [1.165, 1.54) is 0 Å². The molecule has 1 aromatic rings. The first-order chi connectivity index (χ1) is 9.31. The number of likely N-dealkylation sites (tertiary alicyclic amines) is 1. The zero-order chi connectivity index (χ0) is 13.5. The average Bonchev–Trinajstić information content (AvgIpc) is 2.97. The molecule has 1 heterocycles. The Kier molecular flexibility index (Phi) is 5.07. The van der Waals surface area contributed by atoms with E-state index in [2.05, 4.69) is 6.92 Å². The minimum absolute atomic E-state index is 0.0581. The summed E-state index contributed by atoms with van der Waals surface area (Å²) in [5, 5.41) is 0. The number of amides is 1. The van der Waals surface area contributed by atoms with Gasteiger partial charge in [0.1, 0.15) is 0 Å². The molecule has 4 nitrogen and oxygen atoms in total. The standard InChI is InChI=1S/C15H21NO3/c1-2-11-18-13-7-3-4-8-14(13)19-12-15(17)16-9-5-6-10-16/h3-4,7-8H,2,5-6,9-12H2,1H3. The lowest BCUT2D eigenvalue weighted by Crippen LogP contribution is -2.32. The van der Waals surface area contributed by atoms with Crippen LogP contribution in [0.2, 0.25) is 0 Å². The summed E-state index contributed by atoms with van der Waals surface area (Å²) in [5.74, 6) is 1.41. The van der Waals surface area contributed by atoms with Crippen LogP contribution in [0.3, 0.4) is 0 Å². The van der Waals surface area contributed by atoms with Crippen molar-refractivity contribution >= 4 is 5.91 Å². The molecule has 104 valence electrons. The Labute approximate surface area is 114 Å². The molecule has 1 aliphatic rings. The number of carbonyl (C=O) groups excluding carboxylic acids is 1. The van der Waals surface area contributed by atoms with Gasteiger partial charge in [0.15, 0.2) is 18.1 Å². The van der Waals surface area contributed by atoms with Crippen LogP contribution >= 0.6 is 0 Å². The molecule has 0 spiro atoms.